The van der Waals surface area contributed by atoms with Crippen molar-refractivity contribution in [1.82, 2.24) is 4.57 Å². The van der Waals surface area contributed by atoms with Gasteiger partial charge in [-0.2, -0.15) is 0 Å². The van der Waals surface area contributed by atoms with E-state index in [0.717, 1.165) is 0 Å². The van der Waals surface area contributed by atoms with Gasteiger partial charge in [-0.25, -0.2) is 0 Å². The van der Waals surface area contributed by atoms with Crippen LogP contribution in [0.15, 0.2) is 30.5 Å². The molecule has 0 aliphatic carbocycles. The molecule has 10 nitrogen and oxygen atoms in total. The number of nitro groups is 1. The van der Waals surface area contributed by atoms with E-state index >= 15 is 0 Å². The van der Waals surface area contributed by atoms with E-state index < -0.39 is 41.4 Å². The molecule has 1 saturated heterocycles. The molecule has 0 amide bonds. The highest BCUT2D eigenvalue weighted by atomic mass is 16.6. The number of carbonyl (C=O) groups is 2. The fraction of sp³-hybridized carbons (Fsp3) is 0.412. The van der Waals surface area contributed by atoms with Crippen molar-refractivity contribution in [2.45, 2.75) is 38.4 Å². The number of nitro benzene ring substituents is 1. The Morgan fingerprint density at radius 3 is 2.59 bits per heavy atom. The zero-order valence-electron chi connectivity index (χ0n) is 14.6. The molecule has 1 aliphatic heterocycles. The number of fused-ring (bicyclic) bond motifs is 1. The quantitative estimate of drug-likeness (QED) is 0.479. The van der Waals surface area contributed by atoms with Gasteiger partial charge in [0.1, 0.15) is 6.10 Å². The molecule has 144 valence electrons. The Hall–Kier alpha value is -2.98. The number of aromatic nitrogens is 1. The third-order valence-electron chi connectivity index (χ3n) is 4.24. The van der Waals surface area contributed by atoms with Crippen molar-refractivity contribution in [2.24, 2.45) is 0 Å². The lowest BCUT2D eigenvalue weighted by atomic mass is 10.0. The predicted molar refractivity (Wildman–Crippen MR) is 90.7 cm³/mol. The molecule has 3 rings (SSSR count). The standard InChI is InChI=1S/C17H18N2O8/c1-9(20)26-14-8-25-17(16(15(14)22)27-10(2)21)18-6-5-11-3-4-12(19(23)24)7-13(11)18/h3-7,14-17,22H,8H2,1-2H3/t14-,15-,16+,17+/m0/s1. The summed E-state index contributed by atoms with van der Waals surface area (Å²) in [5.41, 5.74) is 0.366. The molecule has 0 saturated carbocycles. The van der Waals surface area contributed by atoms with Crippen LogP contribution in [-0.4, -0.2) is 51.5 Å². The Morgan fingerprint density at radius 2 is 1.96 bits per heavy atom. The highest BCUT2D eigenvalue weighted by Gasteiger charge is 2.44. The minimum absolute atomic E-state index is 0.111. The van der Waals surface area contributed by atoms with Crippen molar-refractivity contribution in [3.63, 3.8) is 0 Å². The fourth-order valence-electron chi connectivity index (χ4n) is 3.12. The molecular weight excluding hydrogens is 360 g/mol. The van der Waals surface area contributed by atoms with E-state index in [-0.39, 0.29) is 12.3 Å². The summed E-state index contributed by atoms with van der Waals surface area (Å²) in [6.45, 7) is 2.24. The van der Waals surface area contributed by atoms with Crippen molar-refractivity contribution < 1.29 is 33.8 Å². The van der Waals surface area contributed by atoms with Crippen LogP contribution < -0.4 is 0 Å². The molecule has 0 spiro atoms. The average Bonchev–Trinajstić information content (AvgIpc) is 3.01. The third-order valence-corrected chi connectivity index (χ3v) is 4.24. The lowest BCUT2D eigenvalue weighted by Crippen LogP contribution is -2.53. The first kappa shape index (κ1) is 18.8. The normalized spacial score (nSPS) is 25.1. The topological polar surface area (TPSA) is 130 Å². The van der Waals surface area contributed by atoms with Crippen LogP contribution in [0.5, 0.6) is 0 Å². The van der Waals surface area contributed by atoms with Gasteiger partial charge in [-0.15, -0.1) is 0 Å². The van der Waals surface area contributed by atoms with Crippen LogP contribution in [0.2, 0.25) is 0 Å². The molecule has 0 bridgehead atoms. The highest BCUT2D eigenvalue weighted by Crippen LogP contribution is 2.33. The number of benzene rings is 1. The van der Waals surface area contributed by atoms with Crippen LogP contribution >= 0.6 is 0 Å². The lowest BCUT2D eigenvalue weighted by Gasteiger charge is -2.39. The third kappa shape index (κ3) is 3.76. The van der Waals surface area contributed by atoms with Gasteiger partial charge in [0.2, 0.25) is 0 Å². The molecule has 1 fully saturated rings. The number of hydrogen-bond acceptors (Lipinski definition) is 8. The van der Waals surface area contributed by atoms with Gasteiger partial charge in [-0.05, 0) is 12.1 Å². The summed E-state index contributed by atoms with van der Waals surface area (Å²) in [5, 5.41) is 22.3. The van der Waals surface area contributed by atoms with Gasteiger partial charge in [-0.3, -0.25) is 19.7 Å². The summed E-state index contributed by atoms with van der Waals surface area (Å²) in [6.07, 6.45) is -2.83. The average molecular weight is 378 g/mol. The van der Waals surface area contributed by atoms with E-state index in [0.29, 0.717) is 10.9 Å². The summed E-state index contributed by atoms with van der Waals surface area (Å²) in [4.78, 5) is 33.3. The van der Waals surface area contributed by atoms with Gasteiger partial charge in [0.25, 0.3) is 5.69 Å². The maximum Gasteiger partial charge on any atom is 0.303 e. The molecular formula is C17H18N2O8. The number of carbonyl (C=O) groups excluding carboxylic acids is 2. The number of aliphatic hydroxyl groups is 1. The van der Waals surface area contributed by atoms with Crippen molar-refractivity contribution in [3.05, 3.63) is 40.6 Å². The smallest absolute Gasteiger partial charge is 0.303 e. The molecule has 4 atom stereocenters. The Bertz CT molecular complexity index is 892. The molecule has 0 unspecified atom stereocenters. The predicted octanol–water partition coefficient (Wildman–Crippen LogP) is 1.30. The maximum absolute atomic E-state index is 11.5. The van der Waals surface area contributed by atoms with Gasteiger partial charge in [0.05, 0.1) is 17.0 Å². The number of nitrogens with zero attached hydrogens (tertiary/aromatic N) is 2. The molecule has 1 N–H and O–H groups in total. The first-order chi connectivity index (χ1) is 12.8. The second-order valence-electron chi connectivity index (χ2n) is 6.16. The first-order valence-electron chi connectivity index (χ1n) is 8.17. The van der Waals surface area contributed by atoms with E-state index in [2.05, 4.69) is 0 Å². The summed E-state index contributed by atoms with van der Waals surface area (Å²) in [7, 11) is 0. The molecule has 27 heavy (non-hydrogen) atoms. The van der Waals surface area contributed by atoms with E-state index in [1.54, 1.807) is 22.9 Å². The van der Waals surface area contributed by atoms with Crippen LogP contribution in [0.4, 0.5) is 5.69 Å². The molecule has 1 aromatic carbocycles. The maximum atomic E-state index is 11.5. The zero-order valence-corrected chi connectivity index (χ0v) is 14.6. The van der Waals surface area contributed by atoms with Gasteiger partial charge in [0.15, 0.2) is 18.4 Å². The van der Waals surface area contributed by atoms with Crippen LogP contribution in [0.25, 0.3) is 10.9 Å². The second kappa shape index (κ2) is 7.33. The summed E-state index contributed by atoms with van der Waals surface area (Å²) >= 11 is 0. The first-order valence-corrected chi connectivity index (χ1v) is 8.17. The second-order valence-corrected chi connectivity index (χ2v) is 6.16. The minimum atomic E-state index is -1.33. The molecule has 1 aliphatic rings. The fourth-order valence-corrected chi connectivity index (χ4v) is 3.12. The number of ether oxygens (including phenoxy) is 3. The van der Waals surface area contributed by atoms with Gasteiger partial charge in [-0.1, -0.05) is 0 Å². The van der Waals surface area contributed by atoms with Gasteiger partial charge in [0, 0.05) is 37.6 Å². The highest BCUT2D eigenvalue weighted by molar-refractivity contribution is 5.82. The summed E-state index contributed by atoms with van der Waals surface area (Å²) in [6, 6.07) is 6.06. The SMILES string of the molecule is CC(=O)O[C@@H]1[C@@H](O)[C@@H](OC(C)=O)CO[C@H]1n1ccc2ccc([N+](=O)[O-])cc21. The number of non-ortho nitro benzene ring substituents is 1. The largest absolute Gasteiger partial charge is 0.457 e. The molecule has 2 aromatic rings. The van der Waals surface area contributed by atoms with E-state index in [1.807, 2.05) is 0 Å². The lowest BCUT2D eigenvalue weighted by molar-refractivity contribution is -0.384. The summed E-state index contributed by atoms with van der Waals surface area (Å²) in [5.74, 6) is -1.26. The molecule has 2 heterocycles. The van der Waals surface area contributed by atoms with E-state index in [9.17, 15) is 24.8 Å². The van der Waals surface area contributed by atoms with Crippen LogP contribution in [-0.2, 0) is 23.8 Å². The van der Waals surface area contributed by atoms with Crippen molar-refractivity contribution in [1.29, 1.82) is 0 Å². The van der Waals surface area contributed by atoms with Crippen molar-refractivity contribution >= 4 is 28.5 Å². The Labute approximate surface area is 153 Å². The number of esters is 2. The van der Waals surface area contributed by atoms with Crippen molar-refractivity contribution in [2.75, 3.05) is 6.61 Å². The van der Waals surface area contributed by atoms with E-state index in [1.165, 1.54) is 26.0 Å². The monoisotopic (exact) mass is 378 g/mol. The number of aliphatic hydroxyl groups excluding tert-OH is 1. The Kier molecular flexibility index (Phi) is 5.10. The number of rotatable bonds is 4. The van der Waals surface area contributed by atoms with Crippen molar-refractivity contribution in [3.8, 4) is 0 Å². The molecule has 10 heteroatoms. The number of hydrogen-bond donors (Lipinski definition) is 1. The van der Waals surface area contributed by atoms with Gasteiger partial charge < -0.3 is 23.9 Å². The van der Waals surface area contributed by atoms with Crippen LogP contribution in [0, 0.1) is 10.1 Å². The Balaban J connectivity index is 1.99. The Morgan fingerprint density at radius 1 is 1.26 bits per heavy atom. The molecule has 1 aromatic heterocycles. The minimum Gasteiger partial charge on any atom is -0.457 e. The van der Waals surface area contributed by atoms with Crippen LogP contribution in [0.3, 0.4) is 0 Å². The molecule has 0 radical (unpaired) electrons. The zero-order chi connectivity index (χ0) is 19.7. The van der Waals surface area contributed by atoms with Crippen LogP contribution in [0.1, 0.15) is 20.1 Å². The van der Waals surface area contributed by atoms with E-state index in [4.69, 9.17) is 14.2 Å². The van der Waals surface area contributed by atoms with Gasteiger partial charge >= 0.3 is 11.9 Å². The summed E-state index contributed by atoms with van der Waals surface area (Å²) < 4.78 is 17.5.